The third kappa shape index (κ3) is 1.71. The van der Waals surface area contributed by atoms with Crippen LogP contribution in [-0.2, 0) is 0 Å². The molecule has 0 aromatic heterocycles. The van der Waals surface area contributed by atoms with E-state index in [0.717, 1.165) is 18.3 Å². The van der Waals surface area contributed by atoms with Gasteiger partial charge in [0.2, 0.25) is 0 Å². The molecule has 0 saturated heterocycles. The topological polar surface area (TPSA) is 0 Å². The lowest BCUT2D eigenvalue weighted by Gasteiger charge is -2.33. The summed E-state index contributed by atoms with van der Waals surface area (Å²) in [5, 5.41) is 0. The molecule has 2 atom stereocenters. The summed E-state index contributed by atoms with van der Waals surface area (Å²) in [6, 6.07) is 0. The van der Waals surface area contributed by atoms with Crippen molar-refractivity contribution in [1.82, 2.24) is 0 Å². The highest BCUT2D eigenvalue weighted by Gasteiger charge is 2.26. The number of allylic oxidation sites excluding steroid dienone is 8. The third-order valence-corrected chi connectivity index (χ3v) is 4.33. The molecule has 1 fully saturated rings. The summed E-state index contributed by atoms with van der Waals surface area (Å²) in [7, 11) is 0. The summed E-state index contributed by atoms with van der Waals surface area (Å²) >= 11 is 0. The van der Waals surface area contributed by atoms with E-state index in [2.05, 4.69) is 37.3 Å². The quantitative estimate of drug-likeness (QED) is 0.597. The normalized spacial score (nSPS) is 32.2. The van der Waals surface area contributed by atoms with Crippen LogP contribution in [0.15, 0.2) is 47.1 Å². The Morgan fingerprint density at radius 1 is 1.31 bits per heavy atom. The second-order valence-corrected chi connectivity index (χ2v) is 5.33. The summed E-state index contributed by atoms with van der Waals surface area (Å²) in [4.78, 5) is 0. The van der Waals surface area contributed by atoms with Gasteiger partial charge in [-0.3, -0.25) is 0 Å². The first-order chi connectivity index (χ1) is 7.86. The van der Waals surface area contributed by atoms with Crippen molar-refractivity contribution in [3.8, 4) is 0 Å². The van der Waals surface area contributed by atoms with Crippen LogP contribution in [0.3, 0.4) is 0 Å². The van der Waals surface area contributed by atoms with Crippen molar-refractivity contribution in [3.05, 3.63) is 47.1 Å². The predicted octanol–water partition coefficient (Wildman–Crippen LogP) is 4.57. The van der Waals surface area contributed by atoms with Gasteiger partial charge in [-0.1, -0.05) is 49.3 Å². The molecular weight excluding hydrogens is 192 g/mol. The molecule has 0 heteroatoms. The van der Waals surface area contributed by atoms with Crippen molar-refractivity contribution in [2.75, 3.05) is 0 Å². The third-order valence-electron chi connectivity index (χ3n) is 4.33. The molecule has 0 aliphatic heterocycles. The largest absolute Gasteiger partial charge is 0.0801 e. The Morgan fingerprint density at radius 3 is 3.12 bits per heavy atom. The molecule has 0 N–H and O–H groups in total. The molecule has 0 nitrogen and oxygen atoms in total. The maximum absolute atomic E-state index is 2.54. The molecule has 2 unspecified atom stereocenters. The molecule has 16 heavy (non-hydrogen) atoms. The average molecular weight is 212 g/mol. The molecule has 0 spiro atoms. The second kappa shape index (κ2) is 4.08. The van der Waals surface area contributed by atoms with Gasteiger partial charge < -0.3 is 0 Å². The van der Waals surface area contributed by atoms with Crippen LogP contribution >= 0.6 is 0 Å². The predicted molar refractivity (Wildman–Crippen MR) is 69.1 cm³/mol. The van der Waals surface area contributed by atoms with E-state index in [9.17, 15) is 0 Å². The van der Waals surface area contributed by atoms with Crippen molar-refractivity contribution in [1.29, 1.82) is 0 Å². The number of rotatable bonds is 1. The average Bonchev–Trinajstić information content (AvgIpc) is 2.35. The molecule has 0 heterocycles. The van der Waals surface area contributed by atoms with Gasteiger partial charge in [0.25, 0.3) is 0 Å². The van der Waals surface area contributed by atoms with Gasteiger partial charge in [-0.25, -0.2) is 0 Å². The van der Waals surface area contributed by atoms with Crippen LogP contribution in [0, 0.1) is 11.8 Å². The Morgan fingerprint density at radius 2 is 2.25 bits per heavy atom. The van der Waals surface area contributed by atoms with Gasteiger partial charge in [-0.05, 0) is 48.7 Å². The van der Waals surface area contributed by atoms with Gasteiger partial charge in [0.1, 0.15) is 0 Å². The Hall–Kier alpha value is -1.04. The standard InChI is InChI=1S/C16H20/c1-2-12-7-8-15-10-13-5-3-4-6-14(13)11-16(15)9-12/h3-4,6,10-12,15H,2,5,7-9H2,1H3. The van der Waals surface area contributed by atoms with Gasteiger partial charge in [0.05, 0.1) is 0 Å². The van der Waals surface area contributed by atoms with Gasteiger partial charge in [-0.2, -0.15) is 0 Å². The summed E-state index contributed by atoms with van der Waals surface area (Å²) in [5.41, 5.74) is 4.74. The SMILES string of the molecule is CCC1CCC2C=C3CC=CC=C3C=C2C1. The van der Waals surface area contributed by atoms with E-state index in [1.807, 2.05) is 0 Å². The minimum atomic E-state index is 0.765. The first-order valence-corrected chi connectivity index (χ1v) is 6.65. The molecule has 0 bridgehead atoms. The second-order valence-electron chi connectivity index (χ2n) is 5.33. The lowest BCUT2D eigenvalue weighted by atomic mass is 9.72. The summed E-state index contributed by atoms with van der Waals surface area (Å²) in [6.07, 6.45) is 18.4. The molecule has 0 aromatic carbocycles. The maximum Gasteiger partial charge on any atom is -0.00136 e. The smallest absolute Gasteiger partial charge is 0.00136 e. The molecule has 0 amide bonds. The zero-order chi connectivity index (χ0) is 11.0. The molecular formula is C16H20. The van der Waals surface area contributed by atoms with Crippen molar-refractivity contribution in [2.45, 2.75) is 39.0 Å². The van der Waals surface area contributed by atoms with E-state index in [-0.39, 0.29) is 0 Å². The molecule has 1 saturated carbocycles. The van der Waals surface area contributed by atoms with E-state index in [4.69, 9.17) is 0 Å². The Labute approximate surface area is 98.4 Å². The molecule has 3 aliphatic rings. The van der Waals surface area contributed by atoms with Crippen LogP contribution in [-0.4, -0.2) is 0 Å². The minimum Gasteiger partial charge on any atom is -0.0801 e. The van der Waals surface area contributed by atoms with Gasteiger partial charge in [0.15, 0.2) is 0 Å². The number of fused-ring (bicyclic) bond motifs is 2. The molecule has 0 radical (unpaired) electrons. The number of hydrogen-bond donors (Lipinski definition) is 0. The Kier molecular flexibility index (Phi) is 2.59. The summed E-state index contributed by atoms with van der Waals surface area (Å²) < 4.78 is 0. The van der Waals surface area contributed by atoms with Gasteiger partial charge >= 0.3 is 0 Å². The van der Waals surface area contributed by atoms with Gasteiger partial charge in [-0.15, -0.1) is 0 Å². The molecule has 3 aliphatic carbocycles. The highest BCUT2D eigenvalue weighted by atomic mass is 14.3. The zero-order valence-electron chi connectivity index (χ0n) is 10.1. The monoisotopic (exact) mass is 212 g/mol. The minimum absolute atomic E-state index is 0.765. The van der Waals surface area contributed by atoms with E-state index in [0.29, 0.717) is 0 Å². The van der Waals surface area contributed by atoms with Crippen molar-refractivity contribution >= 4 is 0 Å². The van der Waals surface area contributed by atoms with Crippen LogP contribution in [0.5, 0.6) is 0 Å². The molecule has 3 rings (SSSR count). The fraction of sp³-hybridized carbons (Fsp3) is 0.500. The lowest BCUT2D eigenvalue weighted by molar-refractivity contribution is 0.369. The van der Waals surface area contributed by atoms with Crippen LogP contribution in [0.4, 0.5) is 0 Å². The maximum atomic E-state index is 2.54. The highest BCUT2D eigenvalue weighted by molar-refractivity contribution is 5.51. The number of hydrogen-bond acceptors (Lipinski definition) is 0. The van der Waals surface area contributed by atoms with Crippen LogP contribution in [0.1, 0.15) is 39.0 Å². The fourth-order valence-electron chi connectivity index (χ4n) is 3.23. The summed E-state index contributed by atoms with van der Waals surface area (Å²) in [6.45, 7) is 2.33. The van der Waals surface area contributed by atoms with E-state index >= 15 is 0 Å². The van der Waals surface area contributed by atoms with E-state index in [1.165, 1.54) is 31.3 Å². The first kappa shape index (κ1) is 10.1. The van der Waals surface area contributed by atoms with Crippen LogP contribution < -0.4 is 0 Å². The summed E-state index contributed by atoms with van der Waals surface area (Å²) in [5.74, 6) is 1.71. The van der Waals surface area contributed by atoms with Crippen LogP contribution in [0.2, 0.25) is 0 Å². The zero-order valence-corrected chi connectivity index (χ0v) is 10.1. The Balaban J connectivity index is 1.88. The van der Waals surface area contributed by atoms with Crippen LogP contribution in [0.25, 0.3) is 0 Å². The first-order valence-electron chi connectivity index (χ1n) is 6.65. The Bertz CT molecular complexity index is 404. The fourth-order valence-corrected chi connectivity index (χ4v) is 3.23. The molecule has 0 aromatic rings. The van der Waals surface area contributed by atoms with E-state index in [1.54, 1.807) is 11.1 Å². The molecule has 84 valence electrons. The van der Waals surface area contributed by atoms with Gasteiger partial charge in [0, 0.05) is 0 Å². The van der Waals surface area contributed by atoms with Crippen molar-refractivity contribution in [2.24, 2.45) is 11.8 Å². The van der Waals surface area contributed by atoms with Crippen molar-refractivity contribution in [3.63, 3.8) is 0 Å². The van der Waals surface area contributed by atoms with E-state index < -0.39 is 0 Å². The highest BCUT2D eigenvalue weighted by Crippen LogP contribution is 2.41. The van der Waals surface area contributed by atoms with Crippen molar-refractivity contribution < 1.29 is 0 Å². The lowest BCUT2D eigenvalue weighted by Crippen LogP contribution is -2.19.